The number of alkyl halides is 1. The number of rotatable bonds is 3. The Morgan fingerprint density at radius 3 is 2.64 bits per heavy atom. The van der Waals surface area contributed by atoms with Crippen LogP contribution in [0, 0.1) is 12.7 Å². The largest absolute Gasteiger partial charge is 0.481 e. The molecule has 0 fully saturated rings. The number of benzene rings is 1. The number of hydrogen-bond acceptors (Lipinski definition) is 1. The van der Waals surface area contributed by atoms with Crippen molar-refractivity contribution in [3.63, 3.8) is 0 Å². The molecular weight excluding hydrogens is 251 g/mol. The molecule has 0 unspecified atom stereocenters. The average Bonchev–Trinajstić information content (AvgIpc) is 2.10. The lowest BCUT2D eigenvalue weighted by atomic mass is 10.0. The Balaban J connectivity index is 3.08. The first-order chi connectivity index (χ1) is 6.54. The predicted molar refractivity (Wildman–Crippen MR) is 55.1 cm³/mol. The highest BCUT2D eigenvalue weighted by Crippen LogP contribution is 2.18. The summed E-state index contributed by atoms with van der Waals surface area (Å²) in [4.78, 5) is 10.4. The molecule has 0 aliphatic heterocycles. The van der Waals surface area contributed by atoms with E-state index in [1.54, 1.807) is 6.07 Å². The van der Waals surface area contributed by atoms with Crippen LogP contribution in [0.3, 0.4) is 0 Å². The van der Waals surface area contributed by atoms with E-state index in [0.29, 0.717) is 5.33 Å². The van der Waals surface area contributed by atoms with Gasteiger partial charge in [0.2, 0.25) is 0 Å². The van der Waals surface area contributed by atoms with Crippen LogP contribution in [0.1, 0.15) is 16.7 Å². The van der Waals surface area contributed by atoms with Gasteiger partial charge < -0.3 is 5.11 Å². The van der Waals surface area contributed by atoms with Crippen LogP contribution in [0.15, 0.2) is 12.1 Å². The van der Waals surface area contributed by atoms with Crippen LogP contribution in [-0.2, 0) is 16.5 Å². The van der Waals surface area contributed by atoms with E-state index in [2.05, 4.69) is 15.9 Å². The third kappa shape index (κ3) is 2.54. The van der Waals surface area contributed by atoms with Crippen LogP contribution in [0.4, 0.5) is 4.39 Å². The van der Waals surface area contributed by atoms with E-state index >= 15 is 0 Å². The second kappa shape index (κ2) is 4.55. The first-order valence-corrected chi connectivity index (χ1v) is 5.22. The van der Waals surface area contributed by atoms with E-state index in [1.807, 2.05) is 6.92 Å². The number of carboxylic acids is 1. The van der Waals surface area contributed by atoms with Crippen molar-refractivity contribution < 1.29 is 14.3 Å². The number of carbonyl (C=O) groups is 1. The third-order valence-corrected chi connectivity index (χ3v) is 2.59. The average molecular weight is 261 g/mol. The highest BCUT2D eigenvalue weighted by molar-refractivity contribution is 9.08. The summed E-state index contributed by atoms with van der Waals surface area (Å²) in [5.41, 5.74) is 1.98. The van der Waals surface area contributed by atoms with Crippen molar-refractivity contribution in [1.29, 1.82) is 0 Å². The van der Waals surface area contributed by atoms with E-state index in [-0.39, 0.29) is 12.0 Å². The Kier molecular flexibility index (Phi) is 3.63. The molecule has 1 N–H and O–H groups in total. The first kappa shape index (κ1) is 11.2. The van der Waals surface area contributed by atoms with Gasteiger partial charge in [0.15, 0.2) is 0 Å². The van der Waals surface area contributed by atoms with Crippen molar-refractivity contribution >= 4 is 21.9 Å². The summed E-state index contributed by atoms with van der Waals surface area (Å²) in [7, 11) is 0. The van der Waals surface area contributed by atoms with Gasteiger partial charge >= 0.3 is 5.97 Å². The molecular formula is C10H10BrFO2. The van der Waals surface area contributed by atoms with Gasteiger partial charge in [-0.1, -0.05) is 22.0 Å². The molecule has 0 aliphatic rings. The number of aliphatic carboxylic acids is 1. The lowest BCUT2D eigenvalue weighted by molar-refractivity contribution is -0.136. The number of halogens is 2. The van der Waals surface area contributed by atoms with Gasteiger partial charge in [-0.05, 0) is 29.7 Å². The zero-order valence-electron chi connectivity index (χ0n) is 7.68. The van der Waals surface area contributed by atoms with Crippen molar-refractivity contribution in [2.24, 2.45) is 0 Å². The van der Waals surface area contributed by atoms with Crippen molar-refractivity contribution in [3.05, 3.63) is 34.6 Å². The summed E-state index contributed by atoms with van der Waals surface area (Å²) >= 11 is 3.23. The maximum atomic E-state index is 13.3. The molecule has 1 aromatic carbocycles. The topological polar surface area (TPSA) is 37.3 Å². The lowest BCUT2D eigenvalue weighted by Gasteiger charge is -2.06. The molecule has 1 rings (SSSR count). The standard InChI is InChI=1S/C10H10BrFO2/c1-6-2-7(4-10(13)14)9(12)3-8(6)5-11/h2-3H,4-5H2,1H3,(H,13,14). The summed E-state index contributed by atoms with van der Waals surface area (Å²) < 4.78 is 13.3. The van der Waals surface area contributed by atoms with Crippen LogP contribution in [-0.4, -0.2) is 11.1 Å². The zero-order valence-corrected chi connectivity index (χ0v) is 9.27. The molecule has 0 amide bonds. The van der Waals surface area contributed by atoms with E-state index in [9.17, 15) is 9.18 Å². The van der Waals surface area contributed by atoms with Crippen LogP contribution < -0.4 is 0 Å². The minimum atomic E-state index is -1.02. The van der Waals surface area contributed by atoms with Crippen molar-refractivity contribution in [1.82, 2.24) is 0 Å². The molecule has 0 atom stereocenters. The second-order valence-electron chi connectivity index (χ2n) is 3.07. The summed E-state index contributed by atoms with van der Waals surface area (Å²) in [5.74, 6) is -1.47. The SMILES string of the molecule is Cc1cc(CC(=O)O)c(F)cc1CBr. The normalized spacial score (nSPS) is 10.2. The Bertz CT molecular complexity index is 363. The maximum absolute atomic E-state index is 13.3. The fourth-order valence-corrected chi connectivity index (χ4v) is 1.83. The Labute approximate surface area is 89.9 Å². The molecule has 2 nitrogen and oxygen atoms in total. The molecule has 0 aromatic heterocycles. The van der Waals surface area contributed by atoms with Crippen LogP contribution in [0.5, 0.6) is 0 Å². The summed E-state index contributed by atoms with van der Waals surface area (Å²) in [6.45, 7) is 1.83. The van der Waals surface area contributed by atoms with E-state index in [1.165, 1.54) is 6.07 Å². The monoisotopic (exact) mass is 260 g/mol. The number of hydrogen-bond donors (Lipinski definition) is 1. The van der Waals surface area contributed by atoms with Crippen molar-refractivity contribution in [2.75, 3.05) is 0 Å². The van der Waals surface area contributed by atoms with Gasteiger partial charge in [0.05, 0.1) is 6.42 Å². The van der Waals surface area contributed by atoms with E-state index < -0.39 is 11.8 Å². The van der Waals surface area contributed by atoms with Gasteiger partial charge in [0.25, 0.3) is 0 Å². The maximum Gasteiger partial charge on any atom is 0.307 e. The summed E-state index contributed by atoms with van der Waals surface area (Å²) in [5, 5.41) is 9.11. The van der Waals surface area contributed by atoms with Crippen molar-refractivity contribution in [2.45, 2.75) is 18.7 Å². The molecule has 14 heavy (non-hydrogen) atoms. The molecule has 0 bridgehead atoms. The van der Waals surface area contributed by atoms with Crippen molar-refractivity contribution in [3.8, 4) is 0 Å². The third-order valence-electron chi connectivity index (χ3n) is 1.99. The second-order valence-corrected chi connectivity index (χ2v) is 3.63. The molecule has 0 spiro atoms. The molecule has 0 saturated carbocycles. The summed E-state index contributed by atoms with van der Waals surface area (Å²) in [6.07, 6.45) is -0.269. The zero-order chi connectivity index (χ0) is 10.7. The van der Waals surface area contributed by atoms with Gasteiger partial charge in [-0.25, -0.2) is 4.39 Å². The van der Waals surface area contributed by atoms with E-state index in [0.717, 1.165) is 11.1 Å². The number of aryl methyl sites for hydroxylation is 1. The predicted octanol–water partition coefficient (Wildman–Crippen LogP) is 2.66. The lowest BCUT2D eigenvalue weighted by Crippen LogP contribution is -2.04. The highest BCUT2D eigenvalue weighted by atomic mass is 79.9. The van der Waals surface area contributed by atoms with Gasteiger partial charge in [0.1, 0.15) is 5.82 Å². The Hall–Kier alpha value is -0.900. The van der Waals surface area contributed by atoms with E-state index in [4.69, 9.17) is 5.11 Å². The quantitative estimate of drug-likeness (QED) is 0.849. The van der Waals surface area contributed by atoms with Gasteiger partial charge in [-0.2, -0.15) is 0 Å². The minimum Gasteiger partial charge on any atom is -0.481 e. The number of carboxylic acid groups (broad SMARTS) is 1. The smallest absolute Gasteiger partial charge is 0.307 e. The highest BCUT2D eigenvalue weighted by Gasteiger charge is 2.09. The van der Waals surface area contributed by atoms with Crippen LogP contribution >= 0.6 is 15.9 Å². The molecule has 0 aliphatic carbocycles. The molecule has 76 valence electrons. The van der Waals surface area contributed by atoms with Gasteiger partial charge in [0, 0.05) is 5.33 Å². The van der Waals surface area contributed by atoms with Gasteiger partial charge in [-0.3, -0.25) is 4.79 Å². The first-order valence-electron chi connectivity index (χ1n) is 4.10. The Morgan fingerprint density at radius 1 is 1.50 bits per heavy atom. The van der Waals surface area contributed by atoms with Crippen LogP contribution in [0.25, 0.3) is 0 Å². The molecule has 0 saturated heterocycles. The minimum absolute atomic E-state index is 0.236. The Morgan fingerprint density at radius 2 is 2.14 bits per heavy atom. The van der Waals surface area contributed by atoms with Crippen LogP contribution in [0.2, 0.25) is 0 Å². The molecule has 4 heteroatoms. The fraction of sp³-hybridized carbons (Fsp3) is 0.300. The molecule has 0 radical (unpaired) electrons. The summed E-state index contributed by atoms with van der Waals surface area (Å²) in [6, 6.07) is 2.96. The molecule has 1 aromatic rings. The molecule has 0 heterocycles. The van der Waals surface area contributed by atoms with Gasteiger partial charge in [-0.15, -0.1) is 0 Å². The fourth-order valence-electron chi connectivity index (χ4n) is 1.22.